The quantitative estimate of drug-likeness (QED) is 0.170. The van der Waals surface area contributed by atoms with E-state index in [9.17, 15) is 4.79 Å². The lowest BCUT2D eigenvalue weighted by Crippen LogP contribution is -2.33. The number of amides is 1. The molecular formula is C36H41N3O4. The van der Waals surface area contributed by atoms with Crippen LogP contribution in [0.4, 0.5) is 0 Å². The summed E-state index contributed by atoms with van der Waals surface area (Å²) in [7, 11) is 0. The van der Waals surface area contributed by atoms with Gasteiger partial charge in [-0.3, -0.25) is 4.79 Å². The van der Waals surface area contributed by atoms with E-state index in [1.54, 1.807) is 0 Å². The minimum absolute atomic E-state index is 0.0572. The van der Waals surface area contributed by atoms with Crippen LogP contribution in [0.2, 0.25) is 0 Å². The Morgan fingerprint density at radius 1 is 1.00 bits per heavy atom. The van der Waals surface area contributed by atoms with Crippen LogP contribution in [0.1, 0.15) is 83.0 Å². The van der Waals surface area contributed by atoms with Gasteiger partial charge >= 0.3 is 0 Å². The number of nitrogens with one attached hydrogen (secondary N) is 1. The highest BCUT2D eigenvalue weighted by Gasteiger charge is 2.27. The predicted octanol–water partition coefficient (Wildman–Crippen LogP) is 7.34. The second-order valence-corrected chi connectivity index (χ2v) is 12.2. The van der Waals surface area contributed by atoms with E-state index in [0.29, 0.717) is 24.5 Å². The predicted molar refractivity (Wildman–Crippen MR) is 169 cm³/mol. The molecule has 0 spiro atoms. The van der Waals surface area contributed by atoms with Crippen LogP contribution in [-0.2, 0) is 16.0 Å². The Bertz CT molecular complexity index is 1690. The van der Waals surface area contributed by atoms with Gasteiger partial charge in [-0.1, -0.05) is 65.3 Å². The fraction of sp³-hybridized carbons (Fsp3) is 0.333. The number of hydrogen-bond acceptors (Lipinski definition) is 6. The lowest BCUT2D eigenvalue weighted by molar-refractivity contribution is -0.120. The number of nitrogens with two attached hydrogens (primary N) is 1. The first-order valence-electron chi connectivity index (χ1n) is 14.8. The third-order valence-electron chi connectivity index (χ3n) is 7.78. The maximum absolute atomic E-state index is 13.4. The first-order chi connectivity index (χ1) is 20.5. The lowest BCUT2D eigenvalue weighted by Gasteiger charge is -2.22. The normalized spacial score (nSPS) is 13.3. The van der Waals surface area contributed by atoms with Gasteiger partial charge in [0, 0.05) is 17.5 Å². The van der Waals surface area contributed by atoms with Crippen molar-refractivity contribution in [2.45, 2.75) is 72.1 Å². The monoisotopic (exact) mass is 579 g/mol. The molecule has 43 heavy (non-hydrogen) atoms. The molecule has 0 aliphatic heterocycles. The molecule has 0 radical (unpaired) electrons. The van der Waals surface area contributed by atoms with Gasteiger partial charge in [-0.2, -0.15) is 0 Å². The van der Waals surface area contributed by atoms with Crippen LogP contribution in [0.15, 0.2) is 81.7 Å². The van der Waals surface area contributed by atoms with Crippen LogP contribution in [-0.4, -0.2) is 23.2 Å². The van der Waals surface area contributed by atoms with Gasteiger partial charge in [0.2, 0.25) is 5.91 Å². The van der Waals surface area contributed by atoms with Crippen LogP contribution >= 0.6 is 0 Å². The standard InChI is InChI=1S/C36H41N3O4/c1-22-12-14-29(23(2)18-22)34(27-10-8-7-9-11-27)38-32(40)20-26-13-15-30-28(19-26)21-31(42-30)35(41-17-16-36(5,6)37)33-24(3)39-43-25(33)4/h7-15,18-19,21,34-35H,16-17,20,37H2,1-6H3,(H,38,40). The van der Waals surface area contributed by atoms with E-state index in [1.165, 1.54) is 5.56 Å². The number of carbonyl (C=O) groups is 1. The maximum Gasteiger partial charge on any atom is 0.225 e. The van der Waals surface area contributed by atoms with Crippen molar-refractivity contribution >= 4 is 16.9 Å². The first kappa shape index (κ1) is 30.3. The summed E-state index contributed by atoms with van der Waals surface area (Å²) in [6, 6.07) is 24.0. The van der Waals surface area contributed by atoms with Crippen molar-refractivity contribution in [1.82, 2.24) is 10.5 Å². The van der Waals surface area contributed by atoms with Crippen LogP contribution in [0.3, 0.4) is 0 Å². The third kappa shape index (κ3) is 7.24. The van der Waals surface area contributed by atoms with Crippen molar-refractivity contribution in [2.75, 3.05) is 6.61 Å². The Labute approximate surface area is 253 Å². The van der Waals surface area contributed by atoms with Crippen molar-refractivity contribution in [3.05, 3.63) is 123 Å². The summed E-state index contributed by atoms with van der Waals surface area (Å²) in [6.45, 7) is 12.3. The molecule has 1 amide bonds. The Kier molecular flexibility index (Phi) is 8.85. The zero-order chi connectivity index (χ0) is 30.7. The van der Waals surface area contributed by atoms with Crippen molar-refractivity contribution in [3.8, 4) is 0 Å². The number of aromatic nitrogens is 1. The molecule has 3 N–H and O–H groups in total. The van der Waals surface area contributed by atoms with Crippen LogP contribution in [0, 0.1) is 27.7 Å². The molecule has 0 fully saturated rings. The fourth-order valence-electron chi connectivity index (χ4n) is 5.50. The topological polar surface area (TPSA) is 104 Å². The van der Waals surface area contributed by atoms with E-state index >= 15 is 0 Å². The molecule has 224 valence electrons. The van der Waals surface area contributed by atoms with Crippen LogP contribution < -0.4 is 11.1 Å². The van der Waals surface area contributed by atoms with Crippen molar-refractivity contribution in [3.63, 3.8) is 0 Å². The average molecular weight is 580 g/mol. The largest absolute Gasteiger partial charge is 0.458 e. The van der Waals surface area contributed by atoms with Gasteiger partial charge in [0.25, 0.3) is 0 Å². The number of nitrogens with zero attached hydrogens (tertiary/aromatic N) is 1. The molecule has 3 aromatic carbocycles. The minimum atomic E-state index is -0.489. The Morgan fingerprint density at radius 2 is 1.77 bits per heavy atom. The summed E-state index contributed by atoms with van der Waals surface area (Å²) in [5.74, 6) is 1.28. The lowest BCUT2D eigenvalue weighted by atomic mass is 9.93. The molecule has 0 aliphatic carbocycles. The SMILES string of the molecule is Cc1ccc(C(NC(=O)Cc2ccc3oc(C(OCCC(C)(C)N)c4c(C)noc4C)cc3c2)c2ccccc2)c(C)c1. The van der Waals surface area contributed by atoms with Gasteiger partial charge in [-0.25, -0.2) is 0 Å². The van der Waals surface area contributed by atoms with E-state index in [4.69, 9.17) is 19.4 Å². The fourth-order valence-corrected chi connectivity index (χ4v) is 5.50. The molecule has 0 saturated heterocycles. The highest BCUT2D eigenvalue weighted by atomic mass is 16.5. The Balaban J connectivity index is 1.38. The number of rotatable bonds is 11. The number of furan rings is 1. The molecule has 5 aromatic rings. The molecule has 2 heterocycles. The third-order valence-corrected chi connectivity index (χ3v) is 7.78. The number of benzene rings is 3. The highest BCUT2D eigenvalue weighted by Crippen LogP contribution is 2.35. The van der Waals surface area contributed by atoms with Gasteiger partial charge in [0.1, 0.15) is 23.2 Å². The summed E-state index contributed by atoms with van der Waals surface area (Å²) in [6.07, 6.45) is 0.426. The first-order valence-corrected chi connectivity index (χ1v) is 14.8. The number of aryl methyl sites for hydroxylation is 4. The molecule has 2 unspecified atom stereocenters. The van der Waals surface area contributed by atoms with Crippen molar-refractivity contribution < 1.29 is 18.5 Å². The molecule has 7 heteroatoms. The molecular weight excluding hydrogens is 538 g/mol. The summed E-state index contributed by atoms with van der Waals surface area (Å²) < 4.78 is 18.1. The van der Waals surface area contributed by atoms with E-state index in [1.807, 2.05) is 70.2 Å². The Hall–Kier alpha value is -4.20. The van der Waals surface area contributed by atoms with Gasteiger partial charge in [-0.15, -0.1) is 0 Å². The van der Waals surface area contributed by atoms with Gasteiger partial charge in [0.05, 0.1) is 23.7 Å². The number of fused-ring (bicyclic) bond motifs is 1. The van der Waals surface area contributed by atoms with E-state index in [-0.39, 0.29) is 23.9 Å². The van der Waals surface area contributed by atoms with Crippen molar-refractivity contribution in [2.24, 2.45) is 5.73 Å². The molecule has 5 rings (SSSR count). The smallest absolute Gasteiger partial charge is 0.225 e. The number of hydrogen-bond donors (Lipinski definition) is 2. The highest BCUT2D eigenvalue weighted by molar-refractivity contribution is 5.83. The summed E-state index contributed by atoms with van der Waals surface area (Å²) >= 11 is 0. The van der Waals surface area contributed by atoms with E-state index in [0.717, 1.165) is 44.5 Å². The molecule has 7 nitrogen and oxygen atoms in total. The second-order valence-electron chi connectivity index (χ2n) is 12.2. The summed E-state index contributed by atoms with van der Waals surface area (Å²) in [5.41, 5.74) is 13.5. The zero-order valence-corrected chi connectivity index (χ0v) is 25.9. The molecule has 0 bridgehead atoms. The minimum Gasteiger partial charge on any atom is -0.458 e. The summed E-state index contributed by atoms with van der Waals surface area (Å²) in [4.78, 5) is 13.4. The van der Waals surface area contributed by atoms with Gasteiger partial charge in [-0.05, 0) is 88.4 Å². The maximum atomic E-state index is 13.4. The van der Waals surface area contributed by atoms with E-state index in [2.05, 4.69) is 54.7 Å². The van der Waals surface area contributed by atoms with Gasteiger partial charge < -0.3 is 24.7 Å². The zero-order valence-electron chi connectivity index (χ0n) is 25.9. The number of ether oxygens (including phenoxy) is 1. The molecule has 0 aliphatic rings. The Morgan fingerprint density at radius 3 is 2.44 bits per heavy atom. The average Bonchev–Trinajstić information content (AvgIpc) is 3.52. The van der Waals surface area contributed by atoms with Gasteiger partial charge in [0.15, 0.2) is 0 Å². The summed E-state index contributed by atoms with van der Waals surface area (Å²) in [5, 5.41) is 8.31. The van der Waals surface area contributed by atoms with E-state index < -0.39 is 6.10 Å². The molecule has 0 saturated carbocycles. The second kappa shape index (κ2) is 12.6. The van der Waals surface area contributed by atoms with Crippen molar-refractivity contribution in [1.29, 1.82) is 0 Å². The molecule has 2 aromatic heterocycles. The molecule has 2 atom stereocenters. The van der Waals surface area contributed by atoms with Crippen LogP contribution in [0.25, 0.3) is 11.0 Å². The number of carbonyl (C=O) groups excluding carboxylic acids is 1. The van der Waals surface area contributed by atoms with Crippen LogP contribution in [0.5, 0.6) is 0 Å².